The highest BCUT2D eigenvalue weighted by Gasteiger charge is 2.26. The molecule has 27 heavy (non-hydrogen) atoms. The number of unbranched alkanes of at least 4 members (excludes halogenated alkanes) is 2. The molecule has 1 N–H and O–H groups in total. The Balaban J connectivity index is 2.91. The van der Waals surface area contributed by atoms with E-state index in [1.54, 1.807) is 20.8 Å². The number of anilines is 1. The lowest BCUT2D eigenvalue weighted by Gasteiger charge is -2.23. The van der Waals surface area contributed by atoms with Gasteiger partial charge >= 0.3 is 5.97 Å². The fraction of sp³-hybridized carbons (Fsp3) is 0.600. The number of benzene rings is 1. The molecule has 1 aromatic carbocycles. The van der Waals surface area contributed by atoms with Crippen molar-refractivity contribution < 1.29 is 18.7 Å². The van der Waals surface area contributed by atoms with Crippen LogP contribution in [0.1, 0.15) is 66.7 Å². The Morgan fingerprint density at radius 2 is 1.93 bits per heavy atom. The Hall–Kier alpha value is -1.27. The Labute approximate surface area is 170 Å². The number of esters is 1. The van der Waals surface area contributed by atoms with Crippen LogP contribution in [0.5, 0.6) is 0 Å². The minimum absolute atomic E-state index is 0.0717. The standard InChI is InChI=1S/C20H29ClFNO3S/c1-6-8-9-10-18(24)23-15-12-17(13(21)11-14(15)22)27-16(7-2)19(25)26-20(3,4)5/h11-12,16H,6-10H2,1-5H3,(H,23,24). The number of ether oxygens (including phenoxy) is 1. The number of rotatable bonds is 9. The first kappa shape index (κ1) is 23.8. The summed E-state index contributed by atoms with van der Waals surface area (Å²) in [6, 6.07) is 2.64. The molecule has 0 aliphatic carbocycles. The van der Waals surface area contributed by atoms with Crippen molar-refractivity contribution in [2.24, 2.45) is 0 Å². The van der Waals surface area contributed by atoms with Gasteiger partial charge < -0.3 is 10.1 Å². The number of carbonyl (C=O) groups excluding carboxylic acids is 2. The normalized spacial score (nSPS) is 12.6. The number of hydrogen-bond acceptors (Lipinski definition) is 4. The molecule has 7 heteroatoms. The molecule has 1 atom stereocenters. The van der Waals surface area contributed by atoms with Gasteiger partial charge in [0.15, 0.2) is 0 Å². The summed E-state index contributed by atoms with van der Waals surface area (Å²) in [4.78, 5) is 24.9. The van der Waals surface area contributed by atoms with Gasteiger partial charge in [-0.3, -0.25) is 9.59 Å². The topological polar surface area (TPSA) is 55.4 Å². The molecule has 0 spiro atoms. The van der Waals surface area contributed by atoms with E-state index < -0.39 is 16.7 Å². The molecule has 0 saturated carbocycles. The van der Waals surface area contributed by atoms with E-state index in [2.05, 4.69) is 12.2 Å². The molecule has 0 bridgehead atoms. The second-order valence-electron chi connectivity index (χ2n) is 7.32. The van der Waals surface area contributed by atoms with E-state index in [0.29, 0.717) is 17.7 Å². The fourth-order valence-electron chi connectivity index (χ4n) is 2.28. The van der Waals surface area contributed by atoms with Crippen LogP contribution in [-0.4, -0.2) is 22.7 Å². The lowest BCUT2D eigenvalue weighted by Crippen LogP contribution is -2.30. The van der Waals surface area contributed by atoms with Gasteiger partial charge in [0.25, 0.3) is 0 Å². The van der Waals surface area contributed by atoms with Gasteiger partial charge in [0.2, 0.25) is 5.91 Å². The average Bonchev–Trinajstić information content (AvgIpc) is 2.54. The molecule has 1 rings (SSSR count). The highest BCUT2D eigenvalue weighted by atomic mass is 35.5. The number of amides is 1. The van der Waals surface area contributed by atoms with Crippen LogP contribution < -0.4 is 5.32 Å². The van der Waals surface area contributed by atoms with E-state index in [4.69, 9.17) is 16.3 Å². The van der Waals surface area contributed by atoms with Crippen molar-refractivity contribution in [1.29, 1.82) is 0 Å². The highest BCUT2D eigenvalue weighted by molar-refractivity contribution is 8.00. The molecule has 0 aliphatic heterocycles. The van der Waals surface area contributed by atoms with Crippen molar-refractivity contribution in [3.63, 3.8) is 0 Å². The fourth-order valence-corrected chi connectivity index (χ4v) is 3.54. The lowest BCUT2D eigenvalue weighted by atomic mass is 10.2. The maximum Gasteiger partial charge on any atom is 0.319 e. The quantitative estimate of drug-likeness (QED) is 0.295. The summed E-state index contributed by atoms with van der Waals surface area (Å²) in [6.45, 7) is 9.34. The molecule has 0 fully saturated rings. The van der Waals surface area contributed by atoms with Crippen molar-refractivity contribution >= 4 is 40.9 Å². The third-order valence-corrected chi connectivity index (χ3v) is 5.44. The Morgan fingerprint density at radius 3 is 2.48 bits per heavy atom. The van der Waals surface area contributed by atoms with Crippen LogP contribution in [0.3, 0.4) is 0 Å². The van der Waals surface area contributed by atoms with Crippen LogP contribution in [0.2, 0.25) is 5.02 Å². The number of nitrogens with one attached hydrogen (secondary N) is 1. The Morgan fingerprint density at radius 1 is 1.26 bits per heavy atom. The van der Waals surface area contributed by atoms with Gasteiger partial charge in [-0.1, -0.05) is 38.3 Å². The summed E-state index contributed by atoms with van der Waals surface area (Å²) in [5, 5.41) is 2.32. The van der Waals surface area contributed by atoms with Crippen LogP contribution in [0.15, 0.2) is 17.0 Å². The van der Waals surface area contributed by atoms with Gasteiger partial charge in [0, 0.05) is 11.3 Å². The van der Waals surface area contributed by atoms with Crippen LogP contribution in [0.4, 0.5) is 10.1 Å². The van der Waals surface area contributed by atoms with E-state index in [9.17, 15) is 14.0 Å². The van der Waals surface area contributed by atoms with Crippen molar-refractivity contribution in [2.45, 2.75) is 82.5 Å². The largest absolute Gasteiger partial charge is 0.459 e. The zero-order chi connectivity index (χ0) is 20.6. The van der Waals surface area contributed by atoms with Gasteiger partial charge in [-0.25, -0.2) is 4.39 Å². The molecule has 152 valence electrons. The monoisotopic (exact) mass is 417 g/mol. The van der Waals surface area contributed by atoms with Gasteiger partial charge in [-0.2, -0.15) is 0 Å². The predicted octanol–water partition coefficient (Wildman–Crippen LogP) is 6.21. The third-order valence-electron chi connectivity index (χ3n) is 3.61. The van der Waals surface area contributed by atoms with E-state index in [0.717, 1.165) is 25.3 Å². The predicted molar refractivity (Wildman–Crippen MR) is 110 cm³/mol. The number of thioether (sulfide) groups is 1. The summed E-state index contributed by atoms with van der Waals surface area (Å²) in [5.41, 5.74) is -0.516. The van der Waals surface area contributed by atoms with Crippen LogP contribution in [0.25, 0.3) is 0 Å². The number of hydrogen-bond donors (Lipinski definition) is 1. The molecule has 0 saturated heterocycles. The molecule has 4 nitrogen and oxygen atoms in total. The first-order chi connectivity index (χ1) is 12.6. The van der Waals surface area contributed by atoms with E-state index >= 15 is 0 Å². The van der Waals surface area contributed by atoms with Crippen molar-refractivity contribution in [2.75, 3.05) is 5.32 Å². The number of carbonyl (C=O) groups is 2. The summed E-state index contributed by atoms with van der Waals surface area (Å²) in [7, 11) is 0. The molecule has 1 amide bonds. The second kappa shape index (κ2) is 10.9. The van der Waals surface area contributed by atoms with Gasteiger partial charge in [0.05, 0.1) is 10.7 Å². The van der Waals surface area contributed by atoms with E-state index in [1.165, 1.54) is 17.8 Å². The number of halogens is 2. The van der Waals surface area contributed by atoms with Crippen LogP contribution in [-0.2, 0) is 14.3 Å². The van der Waals surface area contributed by atoms with Crippen molar-refractivity contribution in [1.82, 2.24) is 0 Å². The maximum atomic E-state index is 14.2. The Bertz CT molecular complexity index is 661. The first-order valence-electron chi connectivity index (χ1n) is 9.25. The van der Waals surface area contributed by atoms with E-state index in [1.807, 2.05) is 6.92 Å². The Kier molecular flexibility index (Phi) is 9.60. The lowest BCUT2D eigenvalue weighted by molar-refractivity contribution is -0.154. The molecule has 0 aliphatic rings. The summed E-state index contributed by atoms with van der Waals surface area (Å²) in [6.07, 6.45) is 3.59. The molecular weight excluding hydrogens is 389 g/mol. The second-order valence-corrected chi connectivity index (χ2v) is 8.97. The molecule has 0 aromatic heterocycles. The minimum atomic E-state index is -0.599. The van der Waals surface area contributed by atoms with Gasteiger partial charge in [-0.15, -0.1) is 11.8 Å². The minimum Gasteiger partial charge on any atom is -0.459 e. The molecular formula is C20H29ClFNO3S. The molecule has 1 aromatic rings. The molecule has 0 heterocycles. The zero-order valence-electron chi connectivity index (χ0n) is 16.7. The van der Waals surface area contributed by atoms with Crippen LogP contribution >= 0.6 is 23.4 Å². The summed E-state index contributed by atoms with van der Waals surface area (Å²) in [5.74, 6) is -1.18. The summed E-state index contributed by atoms with van der Waals surface area (Å²) >= 11 is 7.36. The first-order valence-corrected chi connectivity index (χ1v) is 10.5. The zero-order valence-corrected chi connectivity index (χ0v) is 18.2. The smallest absolute Gasteiger partial charge is 0.319 e. The van der Waals surface area contributed by atoms with Crippen molar-refractivity contribution in [3.05, 3.63) is 23.0 Å². The molecule has 1 unspecified atom stereocenters. The van der Waals surface area contributed by atoms with Gasteiger partial charge in [-0.05, 0) is 45.7 Å². The highest BCUT2D eigenvalue weighted by Crippen LogP contribution is 2.36. The third kappa shape index (κ3) is 8.52. The SMILES string of the molecule is CCCCCC(=O)Nc1cc(SC(CC)C(=O)OC(C)(C)C)c(Cl)cc1F. The van der Waals surface area contributed by atoms with Crippen molar-refractivity contribution in [3.8, 4) is 0 Å². The molecule has 0 radical (unpaired) electrons. The maximum absolute atomic E-state index is 14.2. The summed E-state index contributed by atoms with van der Waals surface area (Å²) < 4.78 is 19.6. The van der Waals surface area contributed by atoms with E-state index in [-0.39, 0.29) is 22.6 Å². The van der Waals surface area contributed by atoms with Crippen LogP contribution in [0, 0.1) is 5.82 Å². The van der Waals surface area contributed by atoms with Gasteiger partial charge in [0.1, 0.15) is 16.7 Å². The average molecular weight is 418 g/mol.